The lowest BCUT2D eigenvalue weighted by Crippen LogP contribution is -2.20. The fourth-order valence-electron chi connectivity index (χ4n) is 2.45. The van der Waals surface area contributed by atoms with Gasteiger partial charge in [0.15, 0.2) is 18.1 Å². The van der Waals surface area contributed by atoms with Crippen LogP contribution < -0.4 is 20.2 Å². The number of hydrazone groups is 1. The van der Waals surface area contributed by atoms with Crippen molar-refractivity contribution in [1.82, 2.24) is 0 Å². The summed E-state index contributed by atoms with van der Waals surface area (Å²) in [5.74, 6) is 0.725. The second-order valence-electron chi connectivity index (χ2n) is 5.99. The summed E-state index contributed by atoms with van der Waals surface area (Å²) in [6.07, 6.45) is 1.66. The van der Waals surface area contributed by atoms with Crippen LogP contribution in [0.1, 0.15) is 5.56 Å². The summed E-state index contributed by atoms with van der Waals surface area (Å²) in [4.78, 5) is 12.0. The minimum absolute atomic E-state index is 0.128. The van der Waals surface area contributed by atoms with E-state index >= 15 is 0 Å². The van der Waals surface area contributed by atoms with E-state index in [4.69, 9.17) is 21.1 Å². The number of amides is 1. The van der Waals surface area contributed by atoms with Crippen molar-refractivity contribution in [2.24, 2.45) is 5.10 Å². The zero-order valence-corrected chi connectivity index (χ0v) is 16.5. The van der Waals surface area contributed by atoms with E-state index in [1.165, 1.54) is 0 Å². The largest absolute Gasteiger partial charge is 0.493 e. The third kappa shape index (κ3) is 6.26. The van der Waals surface area contributed by atoms with Gasteiger partial charge in [0.25, 0.3) is 5.91 Å². The second-order valence-corrected chi connectivity index (χ2v) is 6.43. The van der Waals surface area contributed by atoms with Gasteiger partial charge in [-0.1, -0.05) is 29.8 Å². The summed E-state index contributed by atoms with van der Waals surface area (Å²) in [6.45, 7) is -0.128. The number of ether oxygens (including phenoxy) is 2. The Labute approximate surface area is 174 Å². The standard InChI is InChI=1S/C22H20ClN3O3/c1-28-21-13-16(14-24-26-19-10-8-17(23)9-11-19)7-12-20(21)29-15-22(27)25-18-5-3-2-4-6-18/h2-14,26H,15H2,1H3,(H,25,27). The van der Waals surface area contributed by atoms with Crippen LogP contribution in [0.2, 0.25) is 5.02 Å². The van der Waals surface area contributed by atoms with Crippen LogP contribution in [0.25, 0.3) is 0 Å². The van der Waals surface area contributed by atoms with Gasteiger partial charge in [0.1, 0.15) is 0 Å². The quantitative estimate of drug-likeness (QED) is 0.413. The van der Waals surface area contributed by atoms with Crippen molar-refractivity contribution in [1.29, 1.82) is 0 Å². The summed E-state index contributed by atoms with van der Waals surface area (Å²) in [5, 5.41) is 7.62. The van der Waals surface area contributed by atoms with Gasteiger partial charge in [-0.05, 0) is 60.2 Å². The molecule has 0 heterocycles. The topological polar surface area (TPSA) is 71.9 Å². The molecule has 0 saturated heterocycles. The predicted molar refractivity (Wildman–Crippen MR) is 116 cm³/mol. The molecule has 0 bridgehead atoms. The van der Waals surface area contributed by atoms with E-state index in [1.54, 1.807) is 37.6 Å². The van der Waals surface area contributed by atoms with Gasteiger partial charge in [-0.15, -0.1) is 0 Å². The van der Waals surface area contributed by atoms with E-state index in [1.807, 2.05) is 48.5 Å². The van der Waals surface area contributed by atoms with Crippen LogP contribution in [0.4, 0.5) is 11.4 Å². The first-order chi connectivity index (χ1) is 14.1. The highest BCUT2D eigenvalue weighted by atomic mass is 35.5. The molecule has 0 unspecified atom stereocenters. The molecule has 29 heavy (non-hydrogen) atoms. The van der Waals surface area contributed by atoms with Crippen molar-refractivity contribution in [2.75, 3.05) is 24.5 Å². The number of para-hydroxylation sites is 1. The molecule has 1 amide bonds. The van der Waals surface area contributed by atoms with E-state index < -0.39 is 0 Å². The number of nitrogens with one attached hydrogen (secondary N) is 2. The Hall–Kier alpha value is -3.51. The first-order valence-corrected chi connectivity index (χ1v) is 9.22. The first-order valence-electron chi connectivity index (χ1n) is 8.84. The molecule has 0 fully saturated rings. The van der Waals surface area contributed by atoms with E-state index in [0.717, 1.165) is 11.3 Å². The van der Waals surface area contributed by atoms with Crippen molar-refractivity contribution < 1.29 is 14.3 Å². The zero-order chi connectivity index (χ0) is 20.5. The Kier molecular flexibility index (Phi) is 7.08. The lowest BCUT2D eigenvalue weighted by molar-refractivity contribution is -0.118. The van der Waals surface area contributed by atoms with Crippen molar-refractivity contribution in [3.05, 3.63) is 83.4 Å². The van der Waals surface area contributed by atoms with Gasteiger partial charge >= 0.3 is 0 Å². The fourth-order valence-corrected chi connectivity index (χ4v) is 2.58. The average Bonchev–Trinajstić information content (AvgIpc) is 2.75. The van der Waals surface area contributed by atoms with Crippen LogP contribution in [-0.2, 0) is 4.79 Å². The van der Waals surface area contributed by atoms with Gasteiger partial charge in [-0.2, -0.15) is 5.10 Å². The minimum atomic E-state index is -0.254. The highest BCUT2D eigenvalue weighted by Gasteiger charge is 2.08. The number of carbonyl (C=O) groups is 1. The first kappa shape index (κ1) is 20.2. The average molecular weight is 410 g/mol. The summed E-state index contributed by atoms with van der Waals surface area (Å²) in [6, 6.07) is 21.8. The smallest absolute Gasteiger partial charge is 0.262 e. The highest BCUT2D eigenvalue weighted by molar-refractivity contribution is 6.30. The molecule has 2 N–H and O–H groups in total. The molecule has 3 rings (SSSR count). The van der Waals surface area contributed by atoms with Crippen molar-refractivity contribution in [3.63, 3.8) is 0 Å². The zero-order valence-electron chi connectivity index (χ0n) is 15.8. The summed E-state index contributed by atoms with van der Waals surface area (Å²) in [7, 11) is 1.54. The number of hydrogen-bond donors (Lipinski definition) is 2. The van der Waals surface area contributed by atoms with Crippen LogP contribution in [0.5, 0.6) is 11.5 Å². The number of benzene rings is 3. The SMILES string of the molecule is COc1cc(C=NNc2ccc(Cl)cc2)ccc1OCC(=O)Nc1ccccc1. The summed E-state index contributed by atoms with van der Waals surface area (Å²) < 4.78 is 11.0. The van der Waals surface area contributed by atoms with E-state index in [0.29, 0.717) is 22.2 Å². The molecule has 0 radical (unpaired) electrons. The molecule has 0 atom stereocenters. The molecule has 0 aliphatic carbocycles. The van der Waals surface area contributed by atoms with Gasteiger partial charge in [-0.3, -0.25) is 10.2 Å². The number of halogens is 1. The van der Waals surface area contributed by atoms with E-state index in [9.17, 15) is 4.79 Å². The monoisotopic (exact) mass is 409 g/mol. The lowest BCUT2D eigenvalue weighted by Gasteiger charge is -2.11. The minimum Gasteiger partial charge on any atom is -0.493 e. The van der Waals surface area contributed by atoms with Crippen LogP contribution in [-0.4, -0.2) is 25.8 Å². The number of methoxy groups -OCH3 is 1. The van der Waals surface area contributed by atoms with Gasteiger partial charge < -0.3 is 14.8 Å². The van der Waals surface area contributed by atoms with E-state index in [-0.39, 0.29) is 12.5 Å². The number of hydrogen-bond acceptors (Lipinski definition) is 5. The van der Waals surface area contributed by atoms with Crippen molar-refractivity contribution in [2.45, 2.75) is 0 Å². The van der Waals surface area contributed by atoms with Crippen LogP contribution in [0, 0.1) is 0 Å². The maximum atomic E-state index is 12.0. The Bertz CT molecular complexity index is 976. The summed E-state index contributed by atoms with van der Waals surface area (Å²) in [5.41, 5.74) is 5.27. The molecule has 7 heteroatoms. The van der Waals surface area contributed by atoms with Crippen LogP contribution in [0.3, 0.4) is 0 Å². The van der Waals surface area contributed by atoms with Gasteiger partial charge in [0.05, 0.1) is 19.0 Å². The molecule has 3 aromatic carbocycles. The Balaban J connectivity index is 1.57. The highest BCUT2D eigenvalue weighted by Crippen LogP contribution is 2.27. The molecule has 0 saturated carbocycles. The number of anilines is 2. The number of nitrogens with zero attached hydrogens (tertiary/aromatic N) is 1. The van der Waals surface area contributed by atoms with Crippen LogP contribution >= 0.6 is 11.6 Å². The molecule has 0 spiro atoms. The lowest BCUT2D eigenvalue weighted by atomic mass is 10.2. The normalized spacial score (nSPS) is 10.6. The third-order valence-electron chi connectivity index (χ3n) is 3.86. The van der Waals surface area contributed by atoms with Gasteiger partial charge in [-0.25, -0.2) is 0 Å². The molecular formula is C22H20ClN3O3. The Morgan fingerprint density at radius 2 is 1.76 bits per heavy atom. The summed E-state index contributed by atoms with van der Waals surface area (Å²) >= 11 is 5.86. The molecule has 0 aliphatic heterocycles. The molecular weight excluding hydrogens is 390 g/mol. The molecule has 6 nitrogen and oxygen atoms in total. The maximum absolute atomic E-state index is 12.0. The van der Waals surface area contributed by atoms with Gasteiger partial charge in [0, 0.05) is 10.7 Å². The van der Waals surface area contributed by atoms with Crippen LogP contribution in [0.15, 0.2) is 77.9 Å². The van der Waals surface area contributed by atoms with E-state index in [2.05, 4.69) is 15.8 Å². The maximum Gasteiger partial charge on any atom is 0.262 e. The van der Waals surface area contributed by atoms with Crippen molar-refractivity contribution in [3.8, 4) is 11.5 Å². The Morgan fingerprint density at radius 1 is 1.00 bits per heavy atom. The number of rotatable bonds is 8. The third-order valence-corrected chi connectivity index (χ3v) is 4.11. The predicted octanol–water partition coefficient (Wildman–Crippen LogP) is 4.81. The Morgan fingerprint density at radius 3 is 2.48 bits per heavy atom. The molecule has 0 aliphatic rings. The van der Waals surface area contributed by atoms with Gasteiger partial charge in [0.2, 0.25) is 0 Å². The fraction of sp³-hybridized carbons (Fsp3) is 0.0909. The second kappa shape index (κ2) is 10.1. The van der Waals surface area contributed by atoms with Crippen molar-refractivity contribution >= 4 is 35.1 Å². The molecule has 3 aromatic rings. The molecule has 148 valence electrons. The number of carbonyl (C=O) groups excluding carboxylic acids is 1. The molecule has 0 aromatic heterocycles.